The van der Waals surface area contributed by atoms with Crippen LogP contribution in [0.5, 0.6) is 0 Å². The summed E-state index contributed by atoms with van der Waals surface area (Å²) in [5, 5.41) is 10.2. The van der Waals surface area contributed by atoms with Crippen molar-refractivity contribution in [2.24, 2.45) is 0 Å². The molecule has 16 heavy (non-hydrogen) atoms. The Morgan fingerprint density at radius 2 is 1.81 bits per heavy atom. The lowest BCUT2D eigenvalue weighted by Gasteiger charge is -2.23. The first-order valence-corrected chi connectivity index (χ1v) is 6.43. The van der Waals surface area contributed by atoms with Crippen LogP contribution in [0.15, 0.2) is 18.2 Å². The van der Waals surface area contributed by atoms with E-state index in [9.17, 15) is 5.11 Å². The van der Waals surface area contributed by atoms with Crippen LogP contribution in [-0.2, 0) is 0 Å². The van der Waals surface area contributed by atoms with Crippen molar-refractivity contribution in [3.63, 3.8) is 0 Å². The number of aliphatic hydroxyl groups excluding tert-OH is 1. The average Bonchev–Trinajstić information content (AvgIpc) is 2.47. The van der Waals surface area contributed by atoms with Crippen LogP contribution in [0.3, 0.4) is 0 Å². The first-order chi connectivity index (χ1) is 7.68. The predicted molar refractivity (Wildman–Crippen MR) is 67.7 cm³/mol. The molecular formula is C15H22O. The second-order valence-corrected chi connectivity index (χ2v) is 5.17. The summed E-state index contributed by atoms with van der Waals surface area (Å²) in [7, 11) is 0. The van der Waals surface area contributed by atoms with Crippen molar-refractivity contribution in [3.05, 3.63) is 34.9 Å². The summed E-state index contributed by atoms with van der Waals surface area (Å²) >= 11 is 0. The Bertz CT molecular complexity index is 356. The molecule has 0 bridgehead atoms. The molecule has 2 atom stereocenters. The zero-order valence-corrected chi connectivity index (χ0v) is 10.4. The van der Waals surface area contributed by atoms with E-state index in [1.807, 2.05) is 0 Å². The van der Waals surface area contributed by atoms with Gasteiger partial charge in [0.15, 0.2) is 0 Å². The van der Waals surface area contributed by atoms with E-state index in [-0.39, 0.29) is 6.10 Å². The molecule has 1 fully saturated rings. The number of aliphatic hydroxyl groups is 1. The van der Waals surface area contributed by atoms with Crippen molar-refractivity contribution in [3.8, 4) is 0 Å². The Kier molecular flexibility index (Phi) is 3.65. The smallest absolute Gasteiger partial charge is 0.0608 e. The standard InChI is InChI=1S/C15H22O/c1-11-8-9-12(2)14(10-11)13-6-4-3-5-7-15(13)16/h8-10,13,15-16H,3-7H2,1-2H3. The van der Waals surface area contributed by atoms with Crippen LogP contribution < -0.4 is 0 Å². The molecule has 1 N–H and O–H groups in total. The zero-order valence-electron chi connectivity index (χ0n) is 10.4. The van der Waals surface area contributed by atoms with Gasteiger partial charge in [0.2, 0.25) is 0 Å². The molecule has 0 heterocycles. The Balaban J connectivity index is 2.29. The van der Waals surface area contributed by atoms with Gasteiger partial charge in [0.1, 0.15) is 0 Å². The summed E-state index contributed by atoms with van der Waals surface area (Å²) in [5.41, 5.74) is 4.00. The Hall–Kier alpha value is -0.820. The maximum absolute atomic E-state index is 10.2. The molecule has 0 spiro atoms. The fraction of sp³-hybridized carbons (Fsp3) is 0.600. The van der Waals surface area contributed by atoms with Crippen molar-refractivity contribution < 1.29 is 5.11 Å². The molecule has 2 unspecified atom stereocenters. The van der Waals surface area contributed by atoms with E-state index in [1.54, 1.807) is 0 Å². The lowest BCUT2D eigenvalue weighted by atomic mass is 9.86. The van der Waals surface area contributed by atoms with Gasteiger partial charge >= 0.3 is 0 Å². The second-order valence-electron chi connectivity index (χ2n) is 5.17. The summed E-state index contributed by atoms with van der Waals surface area (Å²) in [5.74, 6) is 0.363. The van der Waals surface area contributed by atoms with Crippen molar-refractivity contribution >= 4 is 0 Å². The van der Waals surface area contributed by atoms with Crippen LogP contribution in [0.2, 0.25) is 0 Å². The minimum Gasteiger partial charge on any atom is -0.392 e. The lowest BCUT2D eigenvalue weighted by Crippen LogP contribution is -2.17. The van der Waals surface area contributed by atoms with E-state index in [1.165, 1.54) is 36.0 Å². The topological polar surface area (TPSA) is 20.2 Å². The maximum atomic E-state index is 10.2. The number of hydrogen-bond acceptors (Lipinski definition) is 1. The molecule has 0 radical (unpaired) electrons. The van der Waals surface area contributed by atoms with E-state index in [4.69, 9.17) is 0 Å². The molecule has 0 amide bonds. The molecule has 1 aromatic carbocycles. The molecule has 0 aliphatic heterocycles. The summed E-state index contributed by atoms with van der Waals surface area (Å²) in [6.07, 6.45) is 5.70. The van der Waals surface area contributed by atoms with Gasteiger partial charge in [-0.15, -0.1) is 0 Å². The summed E-state index contributed by atoms with van der Waals surface area (Å²) in [6.45, 7) is 4.29. The SMILES string of the molecule is Cc1ccc(C)c(C2CCCCCC2O)c1. The third-order valence-corrected chi connectivity index (χ3v) is 3.81. The monoisotopic (exact) mass is 218 g/mol. The fourth-order valence-corrected chi connectivity index (χ4v) is 2.81. The number of aryl methyl sites for hydroxylation is 2. The van der Waals surface area contributed by atoms with E-state index < -0.39 is 0 Å². The van der Waals surface area contributed by atoms with Gasteiger partial charge in [0.05, 0.1) is 6.10 Å². The van der Waals surface area contributed by atoms with Gasteiger partial charge in [-0.1, -0.05) is 43.0 Å². The molecule has 1 heteroatoms. The quantitative estimate of drug-likeness (QED) is 0.712. The van der Waals surface area contributed by atoms with Crippen LogP contribution in [0.1, 0.15) is 54.7 Å². The van der Waals surface area contributed by atoms with E-state index in [0.29, 0.717) is 5.92 Å². The van der Waals surface area contributed by atoms with Crippen molar-refractivity contribution in [2.75, 3.05) is 0 Å². The summed E-state index contributed by atoms with van der Waals surface area (Å²) < 4.78 is 0. The largest absolute Gasteiger partial charge is 0.392 e. The molecule has 1 aliphatic carbocycles. The van der Waals surface area contributed by atoms with Gasteiger partial charge in [0.25, 0.3) is 0 Å². The van der Waals surface area contributed by atoms with Crippen molar-refractivity contribution in [1.82, 2.24) is 0 Å². The summed E-state index contributed by atoms with van der Waals surface area (Å²) in [4.78, 5) is 0. The van der Waals surface area contributed by atoms with Crippen LogP contribution in [-0.4, -0.2) is 11.2 Å². The van der Waals surface area contributed by atoms with Gasteiger partial charge in [-0.05, 0) is 37.8 Å². The Labute approximate surface area is 98.5 Å². The van der Waals surface area contributed by atoms with Crippen LogP contribution >= 0.6 is 0 Å². The molecule has 0 saturated heterocycles. The second kappa shape index (κ2) is 5.01. The first-order valence-electron chi connectivity index (χ1n) is 6.43. The molecule has 1 aliphatic rings. The minimum absolute atomic E-state index is 0.136. The average molecular weight is 218 g/mol. The van der Waals surface area contributed by atoms with Crippen LogP contribution in [0.4, 0.5) is 0 Å². The van der Waals surface area contributed by atoms with Gasteiger partial charge in [-0.25, -0.2) is 0 Å². The van der Waals surface area contributed by atoms with Gasteiger partial charge in [0, 0.05) is 5.92 Å². The number of hydrogen-bond donors (Lipinski definition) is 1. The zero-order chi connectivity index (χ0) is 11.5. The van der Waals surface area contributed by atoms with Crippen LogP contribution in [0, 0.1) is 13.8 Å². The van der Waals surface area contributed by atoms with Crippen LogP contribution in [0.25, 0.3) is 0 Å². The molecule has 0 aromatic heterocycles. The van der Waals surface area contributed by atoms with Gasteiger partial charge in [-0.2, -0.15) is 0 Å². The molecule has 1 aromatic rings. The normalized spacial score (nSPS) is 26.4. The predicted octanol–water partition coefficient (Wildman–Crippen LogP) is 3.71. The van der Waals surface area contributed by atoms with Gasteiger partial charge < -0.3 is 5.11 Å². The molecule has 1 saturated carbocycles. The summed E-state index contributed by atoms with van der Waals surface area (Å²) in [6, 6.07) is 6.60. The number of rotatable bonds is 1. The van der Waals surface area contributed by atoms with E-state index in [0.717, 1.165) is 12.8 Å². The maximum Gasteiger partial charge on any atom is 0.0608 e. The highest BCUT2D eigenvalue weighted by atomic mass is 16.3. The van der Waals surface area contributed by atoms with E-state index in [2.05, 4.69) is 32.0 Å². The Morgan fingerprint density at radius 3 is 2.62 bits per heavy atom. The highest BCUT2D eigenvalue weighted by Crippen LogP contribution is 2.34. The lowest BCUT2D eigenvalue weighted by molar-refractivity contribution is 0.135. The highest BCUT2D eigenvalue weighted by Gasteiger charge is 2.24. The molecule has 2 rings (SSSR count). The number of benzene rings is 1. The molecule has 1 nitrogen and oxygen atoms in total. The van der Waals surface area contributed by atoms with Crippen molar-refractivity contribution in [1.29, 1.82) is 0 Å². The molecule has 88 valence electrons. The third-order valence-electron chi connectivity index (χ3n) is 3.81. The molecular weight excluding hydrogens is 196 g/mol. The first kappa shape index (κ1) is 11.7. The third kappa shape index (κ3) is 2.46. The van der Waals surface area contributed by atoms with E-state index >= 15 is 0 Å². The Morgan fingerprint density at radius 1 is 1.06 bits per heavy atom. The van der Waals surface area contributed by atoms with Gasteiger partial charge in [-0.3, -0.25) is 0 Å². The highest BCUT2D eigenvalue weighted by molar-refractivity contribution is 5.34. The minimum atomic E-state index is -0.136. The fourth-order valence-electron chi connectivity index (χ4n) is 2.81. The van der Waals surface area contributed by atoms with Crippen molar-refractivity contribution in [2.45, 2.75) is 58.0 Å².